The predicted molar refractivity (Wildman–Crippen MR) is 88.7 cm³/mol. The quantitative estimate of drug-likeness (QED) is 0.850. The average molecular weight is 300 g/mol. The molecule has 0 atom stereocenters. The van der Waals surface area contributed by atoms with E-state index in [4.69, 9.17) is 11.5 Å². The van der Waals surface area contributed by atoms with E-state index in [9.17, 15) is 8.42 Å². The maximum atomic E-state index is 11.9. The molecule has 108 valence electrons. The van der Waals surface area contributed by atoms with E-state index in [2.05, 4.69) is 0 Å². The van der Waals surface area contributed by atoms with Crippen LogP contribution in [0.4, 0.5) is 11.4 Å². The van der Waals surface area contributed by atoms with Gasteiger partial charge in [0.1, 0.15) is 0 Å². The van der Waals surface area contributed by atoms with E-state index in [1.54, 1.807) is 48.5 Å². The van der Waals surface area contributed by atoms with E-state index in [-0.39, 0.29) is 0 Å². The molecule has 4 nitrogen and oxygen atoms in total. The Morgan fingerprint density at radius 3 is 1.33 bits per heavy atom. The largest absolute Gasteiger partial charge is 0.399 e. The highest BCUT2D eigenvalue weighted by Gasteiger charge is 1.99. The fourth-order valence-corrected chi connectivity index (χ4v) is 2.39. The molecule has 2 rings (SSSR count). The Hall–Kier alpha value is -2.53. The fourth-order valence-electron chi connectivity index (χ4n) is 1.61. The van der Waals surface area contributed by atoms with Crippen LogP contribution < -0.4 is 11.5 Å². The van der Waals surface area contributed by atoms with Crippen molar-refractivity contribution < 1.29 is 8.42 Å². The van der Waals surface area contributed by atoms with Crippen LogP contribution in [-0.4, -0.2) is 8.42 Å². The molecule has 0 saturated heterocycles. The number of hydrogen-bond acceptors (Lipinski definition) is 4. The van der Waals surface area contributed by atoms with Crippen molar-refractivity contribution in [3.63, 3.8) is 0 Å². The molecule has 21 heavy (non-hydrogen) atoms. The second-order valence-electron chi connectivity index (χ2n) is 4.53. The number of nitrogens with two attached hydrogens (primary N) is 2. The maximum Gasteiger partial charge on any atom is 0.193 e. The first-order chi connectivity index (χ1) is 9.94. The second kappa shape index (κ2) is 6.28. The van der Waals surface area contributed by atoms with E-state index < -0.39 is 9.84 Å². The van der Waals surface area contributed by atoms with Gasteiger partial charge in [0.2, 0.25) is 0 Å². The van der Waals surface area contributed by atoms with Crippen molar-refractivity contribution in [3.8, 4) is 0 Å². The van der Waals surface area contributed by atoms with Gasteiger partial charge in [-0.1, -0.05) is 24.3 Å². The molecular weight excluding hydrogens is 284 g/mol. The minimum atomic E-state index is -3.42. The Balaban J connectivity index is 2.11. The summed E-state index contributed by atoms with van der Waals surface area (Å²) in [6, 6.07) is 13.9. The van der Waals surface area contributed by atoms with Gasteiger partial charge in [-0.2, -0.15) is 0 Å². The topological polar surface area (TPSA) is 86.2 Å². The van der Waals surface area contributed by atoms with Gasteiger partial charge in [0.25, 0.3) is 0 Å². The zero-order chi connectivity index (χ0) is 15.3. The molecule has 4 N–H and O–H groups in total. The third-order valence-corrected chi connectivity index (χ3v) is 3.80. The van der Waals surface area contributed by atoms with Crippen molar-refractivity contribution in [1.29, 1.82) is 0 Å². The number of hydrogen-bond donors (Lipinski definition) is 2. The van der Waals surface area contributed by atoms with Gasteiger partial charge in [-0.05, 0) is 47.5 Å². The van der Waals surface area contributed by atoms with Crippen LogP contribution in [0.1, 0.15) is 11.1 Å². The second-order valence-corrected chi connectivity index (χ2v) is 6.25. The summed E-state index contributed by atoms with van der Waals surface area (Å²) >= 11 is 0. The normalized spacial score (nSPS) is 12.2. The predicted octanol–water partition coefficient (Wildman–Crippen LogP) is 2.91. The van der Waals surface area contributed by atoms with Crippen LogP contribution in [0.3, 0.4) is 0 Å². The number of rotatable bonds is 4. The molecular formula is C16H16N2O2S. The zero-order valence-electron chi connectivity index (χ0n) is 11.3. The summed E-state index contributed by atoms with van der Waals surface area (Å²) in [6.45, 7) is 0. The monoisotopic (exact) mass is 300 g/mol. The molecule has 2 aromatic carbocycles. The average Bonchev–Trinajstić information content (AvgIpc) is 2.46. The van der Waals surface area contributed by atoms with E-state index in [1.165, 1.54) is 12.2 Å². The van der Waals surface area contributed by atoms with Gasteiger partial charge in [0.15, 0.2) is 9.84 Å². The Labute approximate surface area is 124 Å². The first-order valence-electron chi connectivity index (χ1n) is 6.27. The first kappa shape index (κ1) is 14.9. The van der Waals surface area contributed by atoms with Crippen molar-refractivity contribution in [1.82, 2.24) is 0 Å². The molecule has 0 aromatic heterocycles. The van der Waals surface area contributed by atoms with Gasteiger partial charge in [-0.25, -0.2) is 8.42 Å². The lowest BCUT2D eigenvalue weighted by Gasteiger charge is -1.96. The Morgan fingerprint density at radius 2 is 1.00 bits per heavy atom. The molecule has 0 bridgehead atoms. The Bertz CT molecular complexity index is 697. The fraction of sp³-hybridized carbons (Fsp3) is 0. The van der Waals surface area contributed by atoms with Gasteiger partial charge in [0, 0.05) is 22.2 Å². The van der Waals surface area contributed by atoms with Crippen LogP contribution >= 0.6 is 0 Å². The van der Waals surface area contributed by atoms with Crippen molar-refractivity contribution in [2.24, 2.45) is 0 Å². The lowest BCUT2D eigenvalue weighted by atomic mass is 10.2. The Morgan fingerprint density at radius 1 is 0.667 bits per heavy atom. The van der Waals surface area contributed by atoms with Gasteiger partial charge in [-0.15, -0.1) is 0 Å². The standard InChI is InChI=1S/C16H16N2O2S/c17-15-5-1-13(2-6-15)9-11-21(19,20)12-10-14-3-7-16(18)8-4-14/h1-12H,17-18H2. The van der Waals surface area contributed by atoms with E-state index in [0.717, 1.165) is 21.9 Å². The minimum Gasteiger partial charge on any atom is -0.399 e. The Kier molecular flexibility index (Phi) is 4.45. The molecule has 0 unspecified atom stereocenters. The molecule has 0 heterocycles. The molecule has 0 amide bonds. The highest BCUT2D eigenvalue weighted by Crippen LogP contribution is 2.11. The van der Waals surface area contributed by atoms with Crippen LogP contribution in [0.15, 0.2) is 59.3 Å². The van der Waals surface area contributed by atoms with E-state index >= 15 is 0 Å². The lowest BCUT2D eigenvalue weighted by molar-refractivity contribution is 0.613. The summed E-state index contributed by atoms with van der Waals surface area (Å²) in [4.78, 5) is 0. The van der Waals surface area contributed by atoms with Crippen molar-refractivity contribution in [2.45, 2.75) is 0 Å². The molecule has 0 aliphatic carbocycles. The summed E-state index contributed by atoms with van der Waals surface area (Å²) in [7, 11) is -3.42. The number of nitrogen functional groups attached to an aromatic ring is 2. The maximum absolute atomic E-state index is 11.9. The summed E-state index contributed by atoms with van der Waals surface area (Å²) in [5.74, 6) is 0. The van der Waals surface area contributed by atoms with Crippen molar-refractivity contribution in [3.05, 3.63) is 70.5 Å². The molecule has 5 heteroatoms. The molecule has 0 spiro atoms. The SMILES string of the molecule is Nc1ccc(C=CS(=O)(=O)C=Cc2ccc(N)cc2)cc1. The minimum absolute atomic E-state index is 0.637. The number of benzene rings is 2. The molecule has 2 aromatic rings. The third kappa shape index (κ3) is 4.81. The first-order valence-corrected chi connectivity index (χ1v) is 7.88. The lowest BCUT2D eigenvalue weighted by Crippen LogP contribution is -1.89. The highest BCUT2D eigenvalue weighted by molar-refractivity contribution is 7.97. The summed E-state index contributed by atoms with van der Waals surface area (Å²) in [5.41, 5.74) is 14.0. The van der Waals surface area contributed by atoms with Gasteiger partial charge in [0.05, 0.1) is 0 Å². The molecule has 0 aliphatic heterocycles. The summed E-state index contributed by atoms with van der Waals surface area (Å²) in [5, 5.41) is 2.32. The van der Waals surface area contributed by atoms with Gasteiger partial charge in [-0.3, -0.25) is 0 Å². The van der Waals surface area contributed by atoms with E-state index in [0.29, 0.717) is 11.4 Å². The highest BCUT2D eigenvalue weighted by atomic mass is 32.2. The molecule has 0 fully saturated rings. The third-order valence-electron chi connectivity index (χ3n) is 2.77. The summed E-state index contributed by atoms with van der Waals surface area (Å²) < 4.78 is 23.8. The molecule has 0 radical (unpaired) electrons. The van der Waals surface area contributed by atoms with Crippen LogP contribution in [0, 0.1) is 0 Å². The van der Waals surface area contributed by atoms with Crippen molar-refractivity contribution >= 4 is 33.4 Å². The van der Waals surface area contributed by atoms with Crippen LogP contribution in [-0.2, 0) is 9.84 Å². The van der Waals surface area contributed by atoms with Gasteiger partial charge >= 0.3 is 0 Å². The molecule has 0 saturated carbocycles. The van der Waals surface area contributed by atoms with Crippen LogP contribution in [0.5, 0.6) is 0 Å². The zero-order valence-corrected chi connectivity index (χ0v) is 12.1. The smallest absolute Gasteiger partial charge is 0.193 e. The van der Waals surface area contributed by atoms with E-state index in [1.807, 2.05) is 0 Å². The number of anilines is 2. The van der Waals surface area contributed by atoms with Crippen molar-refractivity contribution in [2.75, 3.05) is 11.5 Å². The molecule has 0 aliphatic rings. The number of sulfone groups is 1. The van der Waals surface area contributed by atoms with Gasteiger partial charge < -0.3 is 11.5 Å². The van der Waals surface area contributed by atoms with Crippen LogP contribution in [0.25, 0.3) is 12.2 Å². The summed E-state index contributed by atoms with van der Waals surface area (Å²) in [6.07, 6.45) is 3.06. The van der Waals surface area contributed by atoms with Crippen LogP contribution in [0.2, 0.25) is 0 Å².